The van der Waals surface area contributed by atoms with Crippen LogP contribution in [-0.2, 0) is 4.79 Å². The topological polar surface area (TPSA) is 99.7 Å². The average molecular weight is 458 g/mol. The number of amides is 1. The van der Waals surface area contributed by atoms with Crippen molar-refractivity contribution in [3.8, 4) is 0 Å². The fourth-order valence-corrected chi connectivity index (χ4v) is 3.97. The van der Waals surface area contributed by atoms with Crippen molar-refractivity contribution >= 4 is 51.9 Å². The Balaban J connectivity index is 1.84. The highest BCUT2D eigenvalue weighted by Gasteiger charge is 2.18. The summed E-state index contributed by atoms with van der Waals surface area (Å²) >= 11 is 2.70. The van der Waals surface area contributed by atoms with E-state index in [1.54, 1.807) is 5.41 Å². The molecule has 1 aromatic heterocycles. The summed E-state index contributed by atoms with van der Waals surface area (Å²) in [6, 6.07) is 9.49. The Morgan fingerprint density at radius 3 is 2.61 bits per heavy atom. The van der Waals surface area contributed by atoms with Gasteiger partial charge in [-0.2, -0.15) is 0 Å². The first-order valence-corrected chi connectivity index (χ1v) is 11.7. The van der Waals surface area contributed by atoms with Gasteiger partial charge >= 0.3 is 0 Å². The average Bonchev–Trinajstić information content (AvgIpc) is 2.75. The molecule has 0 spiro atoms. The molecule has 0 atom stereocenters. The van der Waals surface area contributed by atoms with Gasteiger partial charge in [-0.05, 0) is 48.5 Å². The van der Waals surface area contributed by atoms with Crippen LogP contribution >= 0.6 is 23.5 Å². The summed E-state index contributed by atoms with van der Waals surface area (Å²) in [4.78, 5) is 30.8. The maximum Gasteiger partial charge on any atom is 0.224 e. The van der Waals surface area contributed by atoms with E-state index < -0.39 is 0 Å². The van der Waals surface area contributed by atoms with Crippen molar-refractivity contribution in [1.29, 1.82) is 0 Å². The Bertz CT molecular complexity index is 941. The number of hydrogen-bond donors (Lipinski definition) is 2. The molecule has 1 fully saturated rings. The highest BCUT2D eigenvalue weighted by Crippen LogP contribution is 2.30. The SMILES string of the molecule is C=CS/C(N)=N/c1cc(N2CCN(C)CC2)nc(Sc2ccc(NC(=O)CC)cc2)n1. The highest BCUT2D eigenvalue weighted by atomic mass is 32.2. The fourth-order valence-electron chi connectivity index (χ4n) is 2.89. The van der Waals surface area contributed by atoms with E-state index in [1.165, 1.54) is 23.5 Å². The van der Waals surface area contributed by atoms with Crippen LogP contribution in [0.15, 0.2) is 57.4 Å². The number of thioether (sulfide) groups is 1. The molecule has 1 aliphatic rings. The standard InChI is InChI=1S/C21H27N7OS2/c1-4-19(29)23-15-6-8-16(9-7-15)31-21-25-17(24-20(22)30-5-2)14-18(26-21)28-12-10-27(3)11-13-28/h5-9,14H,2,4,10-13H2,1,3H3,(H,23,29)(H2,22,24,25,26). The van der Waals surface area contributed by atoms with Gasteiger partial charge in [0.25, 0.3) is 0 Å². The Hall–Kier alpha value is -2.56. The van der Waals surface area contributed by atoms with Crippen LogP contribution in [0.1, 0.15) is 13.3 Å². The summed E-state index contributed by atoms with van der Waals surface area (Å²) in [5.74, 6) is 1.35. The fraction of sp³-hybridized carbons (Fsp3) is 0.333. The number of nitrogens with two attached hydrogens (primary N) is 1. The van der Waals surface area contributed by atoms with Crippen molar-refractivity contribution in [1.82, 2.24) is 14.9 Å². The number of piperazine rings is 1. The number of aromatic nitrogens is 2. The zero-order valence-electron chi connectivity index (χ0n) is 17.7. The molecule has 10 heteroatoms. The largest absolute Gasteiger partial charge is 0.378 e. The summed E-state index contributed by atoms with van der Waals surface area (Å²) < 4.78 is 0. The van der Waals surface area contributed by atoms with Gasteiger partial charge in [-0.25, -0.2) is 15.0 Å². The number of nitrogens with zero attached hydrogens (tertiary/aromatic N) is 5. The third-order valence-electron chi connectivity index (χ3n) is 4.60. The van der Waals surface area contributed by atoms with Crippen molar-refractivity contribution in [3.05, 3.63) is 42.3 Å². The number of anilines is 2. The van der Waals surface area contributed by atoms with Crippen LogP contribution in [0.5, 0.6) is 0 Å². The summed E-state index contributed by atoms with van der Waals surface area (Å²) in [5.41, 5.74) is 6.72. The van der Waals surface area contributed by atoms with Crippen molar-refractivity contribution in [2.24, 2.45) is 10.7 Å². The number of nitrogens with one attached hydrogen (secondary N) is 1. The van der Waals surface area contributed by atoms with Crippen LogP contribution in [0, 0.1) is 0 Å². The molecule has 8 nitrogen and oxygen atoms in total. The second kappa shape index (κ2) is 11.2. The summed E-state index contributed by atoms with van der Waals surface area (Å²) in [6.07, 6.45) is 0.444. The summed E-state index contributed by atoms with van der Waals surface area (Å²) in [5, 5.41) is 5.46. The number of benzene rings is 1. The van der Waals surface area contributed by atoms with Gasteiger partial charge in [0.1, 0.15) is 5.82 Å². The van der Waals surface area contributed by atoms with E-state index >= 15 is 0 Å². The summed E-state index contributed by atoms with van der Waals surface area (Å²) in [7, 11) is 2.12. The van der Waals surface area contributed by atoms with Crippen LogP contribution in [0.2, 0.25) is 0 Å². The molecule has 3 rings (SSSR count). The van der Waals surface area contributed by atoms with Gasteiger partial charge in [0.05, 0.1) is 0 Å². The van der Waals surface area contributed by atoms with Crippen LogP contribution in [0.3, 0.4) is 0 Å². The maximum absolute atomic E-state index is 11.6. The predicted octanol–water partition coefficient (Wildman–Crippen LogP) is 3.55. The van der Waals surface area contributed by atoms with Crippen molar-refractivity contribution in [2.75, 3.05) is 43.4 Å². The lowest BCUT2D eigenvalue weighted by Crippen LogP contribution is -2.44. The molecule has 0 unspecified atom stereocenters. The zero-order valence-corrected chi connectivity index (χ0v) is 19.4. The Morgan fingerprint density at radius 2 is 1.97 bits per heavy atom. The van der Waals surface area contributed by atoms with Crippen molar-refractivity contribution in [3.63, 3.8) is 0 Å². The molecule has 1 saturated heterocycles. The smallest absolute Gasteiger partial charge is 0.224 e. The van der Waals surface area contributed by atoms with Gasteiger partial charge < -0.3 is 20.9 Å². The van der Waals surface area contributed by atoms with Gasteiger partial charge in [0, 0.05) is 49.2 Å². The number of hydrogen-bond acceptors (Lipinski definition) is 8. The lowest BCUT2D eigenvalue weighted by atomic mass is 10.3. The minimum absolute atomic E-state index is 0.0129. The molecule has 164 valence electrons. The van der Waals surface area contributed by atoms with E-state index in [1.807, 2.05) is 37.3 Å². The summed E-state index contributed by atoms with van der Waals surface area (Å²) in [6.45, 7) is 9.23. The molecule has 0 bridgehead atoms. The molecule has 31 heavy (non-hydrogen) atoms. The van der Waals surface area contributed by atoms with Crippen LogP contribution in [-0.4, -0.2) is 59.2 Å². The molecule has 0 aliphatic carbocycles. The molecular weight excluding hydrogens is 430 g/mol. The molecule has 2 aromatic rings. The zero-order chi connectivity index (χ0) is 22.2. The van der Waals surface area contributed by atoms with Crippen molar-refractivity contribution < 1.29 is 4.79 Å². The molecule has 0 saturated carbocycles. The Kier molecular flexibility index (Phi) is 8.33. The molecule has 2 heterocycles. The number of carbonyl (C=O) groups excluding carboxylic acids is 1. The van der Waals surface area contributed by atoms with E-state index in [2.05, 4.69) is 38.7 Å². The lowest BCUT2D eigenvalue weighted by molar-refractivity contribution is -0.115. The molecule has 1 aliphatic heterocycles. The lowest BCUT2D eigenvalue weighted by Gasteiger charge is -2.33. The third kappa shape index (κ3) is 6.98. The van der Waals surface area contributed by atoms with Crippen LogP contribution in [0.4, 0.5) is 17.3 Å². The minimum Gasteiger partial charge on any atom is -0.378 e. The van der Waals surface area contributed by atoms with E-state index in [4.69, 9.17) is 10.7 Å². The van der Waals surface area contributed by atoms with Crippen LogP contribution < -0.4 is 16.0 Å². The van der Waals surface area contributed by atoms with E-state index in [0.717, 1.165) is 42.6 Å². The van der Waals surface area contributed by atoms with E-state index in [0.29, 0.717) is 22.6 Å². The molecule has 1 aromatic carbocycles. The maximum atomic E-state index is 11.6. The quantitative estimate of drug-likeness (QED) is 0.370. The third-order valence-corrected chi connectivity index (χ3v) is 5.98. The van der Waals surface area contributed by atoms with E-state index in [-0.39, 0.29) is 5.91 Å². The van der Waals surface area contributed by atoms with Gasteiger partial charge in [-0.1, -0.05) is 25.3 Å². The highest BCUT2D eigenvalue weighted by molar-refractivity contribution is 8.16. The van der Waals surface area contributed by atoms with E-state index in [9.17, 15) is 4.79 Å². The normalized spacial score (nSPS) is 15.0. The predicted molar refractivity (Wildman–Crippen MR) is 130 cm³/mol. The minimum atomic E-state index is -0.0129. The van der Waals surface area contributed by atoms with Gasteiger partial charge in [-0.3, -0.25) is 4.79 Å². The number of amidine groups is 1. The van der Waals surface area contributed by atoms with Crippen LogP contribution in [0.25, 0.3) is 0 Å². The number of aliphatic imine (C=N–C) groups is 1. The second-order valence-corrected chi connectivity index (χ2v) is 8.95. The molecule has 3 N–H and O–H groups in total. The van der Waals surface area contributed by atoms with Gasteiger partial charge in [0.2, 0.25) is 5.91 Å². The first-order chi connectivity index (χ1) is 15.0. The molecule has 0 radical (unpaired) electrons. The second-order valence-electron chi connectivity index (χ2n) is 6.92. The monoisotopic (exact) mass is 457 g/mol. The molecular formula is C21H27N7OS2. The molecule has 1 amide bonds. The number of rotatable bonds is 7. The Labute approximate surface area is 191 Å². The first kappa shape index (κ1) is 23.1. The first-order valence-electron chi connectivity index (χ1n) is 9.99. The number of likely N-dealkylation sites (N-methyl/N-ethyl adjacent to an activating group) is 1. The Morgan fingerprint density at radius 1 is 1.26 bits per heavy atom. The van der Waals surface area contributed by atoms with Crippen molar-refractivity contribution in [2.45, 2.75) is 23.4 Å². The van der Waals surface area contributed by atoms with Gasteiger partial charge in [0.15, 0.2) is 16.1 Å². The number of carbonyl (C=O) groups is 1. The van der Waals surface area contributed by atoms with Gasteiger partial charge in [-0.15, -0.1) is 0 Å².